The van der Waals surface area contributed by atoms with Gasteiger partial charge in [0.2, 0.25) is 0 Å². The molecule has 1 N–H and O–H groups in total. The summed E-state index contributed by atoms with van der Waals surface area (Å²) in [6.07, 6.45) is 0.699. The highest BCUT2D eigenvalue weighted by atomic mass is 16.5. The van der Waals surface area contributed by atoms with Gasteiger partial charge in [-0.05, 0) is 55.0 Å². The minimum Gasteiger partial charge on any atom is -0.457 e. The number of carbonyl (C=O) groups excluding carboxylic acids is 2. The third kappa shape index (κ3) is 5.07. The van der Waals surface area contributed by atoms with Crippen LogP contribution in [0.15, 0.2) is 85.1 Å². The van der Waals surface area contributed by atoms with Crippen LogP contribution in [0.25, 0.3) is 11.0 Å². The number of hydrogen-bond donors (Lipinski definition) is 1. The molecule has 160 valence electrons. The number of hydrogen-bond acceptors (Lipinski definition) is 6. The lowest BCUT2D eigenvalue weighted by atomic mass is 10.2. The minimum atomic E-state index is -0.962. The molecule has 0 saturated carbocycles. The van der Waals surface area contributed by atoms with Crippen molar-refractivity contribution in [3.63, 3.8) is 0 Å². The molecule has 1 aromatic heterocycles. The van der Waals surface area contributed by atoms with E-state index in [4.69, 9.17) is 9.47 Å². The maximum absolute atomic E-state index is 12.6. The van der Waals surface area contributed by atoms with E-state index >= 15 is 0 Å². The number of ether oxygens (including phenoxy) is 2. The van der Waals surface area contributed by atoms with Crippen LogP contribution in [0.1, 0.15) is 23.8 Å². The molecule has 7 nitrogen and oxygen atoms in total. The SMILES string of the molecule is CCC(OC(=O)c1cnc2ccccc2n1)C(=O)Nc1ccc(Oc2ccccc2)cc1. The number of aromatic nitrogens is 2. The molecule has 0 bridgehead atoms. The molecule has 0 aliphatic rings. The van der Waals surface area contributed by atoms with Gasteiger partial charge in [0.1, 0.15) is 11.5 Å². The normalized spacial score (nSPS) is 11.5. The number of esters is 1. The third-order valence-corrected chi connectivity index (χ3v) is 4.67. The molecule has 4 rings (SSSR count). The van der Waals surface area contributed by atoms with E-state index in [2.05, 4.69) is 15.3 Å². The maximum Gasteiger partial charge on any atom is 0.359 e. The Morgan fingerprint density at radius 1 is 0.875 bits per heavy atom. The van der Waals surface area contributed by atoms with Crippen LogP contribution in [0.3, 0.4) is 0 Å². The average Bonchev–Trinajstić information content (AvgIpc) is 2.84. The molecule has 4 aromatic rings. The molecule has 0 spiro atoms. The summed E-state index contributed by atoms with van der Waals surface area (Å²) < 4.78 is 11.1. The molecule has 0 aliphatic carbocycles. The lowest BCUT2D eigenvalue weighted by molar-refractivity contribution is -0.124. The Morgan fingerprint density at radius 3 is 2.25 bits per heavy atom. The zero-order valence-corrected chi connectivity index (χ0v) is 17.4. The van der Waals surface area contributed by atoms with Gasteiger partial charge in [-0.1, -0.05) is 37.3 Å². The average molecular weight is 427 g/mol. The lowest BCUT2D eigenvalue weighted by Crippen LogP contribution is -2.32. The van der Waals surface area contributed by atoms with E-state index in [1.807, 2.05) is 42.5 Å². The van der Waals surface area contributed by atoms with Crippen LogP contribution in [0.4, 0.5) is 5.69 Å². The van der Waals surface area contributed by atoms with E-state index in [9.17, 15) is 9.59 Å². The van der Waals surface area contributed by atoms with Crippen LogP contribution in [0.5, 0.6) is 11.5 Å². The van der Waals surface area contributed by atoms with Crippen LogP contribution < -0.4 is 10.1 Å². The zero-order valence-electron chi connectivity index (χ0n) is 17.4. The van der Waals surface area contributed by atoms with E-state index in [0.29, 0.717) is 28.9 Å². The van der Waals surface area contributed by atoms with Crippen molar-refractivity contribution in [2.24, 2.45) is 0 Å². The number of para-hydroxylation sites is 3. The Balaban J connectivity index is 1.38. The third-order valence-electron chi connectivity index (χ3n) is 4.67. The zero-order chi connectivity index (χ0) is 22.3. The predicted octanol–water partition coefficient (Wildman–Crippen LogP) is 5.00. The second-order valence-electron chi connectivity index (χ2n) is 6.97. The molecule has 1 amide bonds. The smallest absolute Gasteiger partial charge is 0.359 e. The fourth-order valence-electron chi connectivity index (χ4n) is 3.02. The second kappa shape index (κ2) is 9.70. The fourth-order valence-corrected chi connectivity index (χ4v) is 3.02. The van der Waals surface area contributed by atoms with Crippen molar-refractivity contribution in [1.29, 1.82) is 0 Å². The van der Waals surface area contributed by atoms with E-state index in [1.165, 1.54) is 6.20 Å². The van der Waals surface area contributed by atoms with Gasteiger partial charge in [-0.15, -0.1) is 0 Å². The first-order valence-corrected chi connectivity index (χ1v) is 10.2. The van der Waals surface area contributed by atoms with Crippen molar-refractivity contribution in [3.8, 4) is 11.5 Å². The maximum atomic E-state index is 12.6. The van der Waals surface area contributed by atoms with Crippen molar-refractivity contribution >= 4 is 28.6 Å². The Morgan fingerprint density at radius 2 is 1.53 bits per heavy atom. The summed E-state index contributed by atoms with van der Waals surface area (Å²) in [5.74, 6) is 0.241. The van der Waals surface area contributed by atoms with Crippen molar-refractivity contribution in [1.82, 2.24) is 9.97 Å². The van der Waals surface area contributed by atoms with Gasteiger partial charge in [-0.25, -0.2) is 9.78 Å². The first kappa shape index (κ1) is 21.0. The number of benzene rings is 3. The Bertz CT molecular complexity index is 1230. The summed E-state index contributed by atoms with van der Waals surface area (Å²) in [6.45, 7) is 1.76. The molecular formula is C25H21N3O4. The molecule has 1 atom stereocenters. The highest BCUT2D eigenvalue weighted by Crippen LogP contribution is 2.23. The topological polar surface area (TPSA) is 90.4 Å². The van der Waals surface area contributed by atoms with Gasteiger partial charge < -0.3 is 14.8 Å². The molecule has 3 aromatic carbocycles. The summed E-state index contributed by atoms with van der Waals surface area (Å²) in [6, 6.07) is 23.6. The van der Waals surface area contributed by atoms with E-state index in [0.717, 1.165) is 5.75 Å². The molecule has 0 saturated heterocycles. The van der Waals surface area contributed by atoms with Crippen molar-refractivity contribution < 1.29 is 19.1 Å². The number of anilines is 1. The Kier molecular flexibility index (Phi) is 6.36. The number of amides is 1. The van der Waals surface area contributed by atoms with Gasteiger partial charge in [0.15, 0.2) is 11.8 Å². The van der Waals surface area contributed by atoms with Crippen LogP contribution >= 0.6 is 0 Å². The largest absolute Gasteiger partial charge is 0.457 e. The predicted molar refractivity (Wildman–Crippen MR) is 121 cm³/mol. The Labute approximate surface area is 185 Å². The van der Waals surface area contributed by atoms with E-state index < -0.39 is 18.0 Å². The summed E-state index contributed by atoms with van der Waals surface area (Å²) in [7, 11) is 0. The Hall–Kier alpha value is -4.26. The number of carbonyl (C=O) groups is 2. The fraction of sp³-hybridized carbons (Fsp3) is 0.120. The molecule has 32 heavy (non-hydrogen) atoms. The van der Waals surface area contributed by atoms with Gasteiger partial charge in [0.05, 0.1) is 17.2 Å². The molecular weight excluding hydrogens is 406 g/mol. The molecule has 0 fully saturated rings. The van der Waals surface area contributed by atoms with Crippen molar-refractivity contribution in [2.75, 3.05) is 5.32 Å². The van der Waals surface area contributed by atoms with Gasteiger partial charge >= 0.3 is 5.97 Å². The summed E-state index contributed by atoms with van der Waals surface area (Å²) in [5, 5.41) is 2.76. The first-order valence-electron chi connectivity index (χ1n) is 10.2. The monoisotopic (exact) mass is 427 g/mol. The lowest BCUT2D eigenvalue weighted by Gasteiger charge is -2.16. The van der Waals surface area contributed by atoms with Crippen LogP contribution in [0, 0.1) is 0 Å². The molecule has 7 heteroatoms. The highest BCUT2D eigenvalue weighted by molar-refractivity contribution is 5.97. The van der Waals surface area contributed by atoms with Crippen LogP contribution in [-0.2, 0) is 9.53 Å². The number of fused-ring (bicyclic) bond motifs is 1. The number of nitrogens with one attached hydrogen (secondary N) is 1. The molecule has 1 unspecified atom stereocenters. The standard InChI is InChI=1S/C25H21N3O4/c1-2-23(32-25(30)22-16-26-20-10-6-7-11-21(20)28-22)24(29)27-17-12-14-19(15-13-17)31-18-8-4-3-5-9-18/h3-16,23H,2H2,1H3,(H,27,29). The summed E-state index contributed by atoms with van der Waals surface area (Å²) >= 11 is 0. The summed E-state index contributed by atoms with van der Waals surface area (Å²) in [5.41, 5.74) is 1.87. The second-order valence-corrected chi connectivity index (χ2v) is 6.97. The quantitative estimate of drug-likeness (QED) is 0.418. The first-order chi connectivity index (χ1) is 15.6. The van der Waals surface area contributed by atoms with Gasteiger partial charge in [-0.2, -0.15) is 0 Å². The summed E-state index contributed by atoms with van der Waals surface area (Å²) in [4.78, 5) is 33.6. The highest BCUT2D eigenvalue weighted by Gasteiger charge is 2.23. The molecule has 0 radical (unpaired) electrons. The van der Waals surface area contributed by atoms with Gasteiger partial charge in [0.25, 0.3) is 5.91 Å². The van der Waals surface area contributed by atoms with E-state index in [1.54, 1.807) is 43.3 Å². The number of nitrogens with zero attached hydrogens (tertiary/aromatic N) is 2. The van der Waals surface area contributed by atoms with Crippen LogP contribution in [-0.4, -0.2) is 27.9 Å². The molecule has 0 aliphatic heterocycles. The minimum absolute atomic E-state index is 0.0531. The van der Waals surface area contributed by atoms with Crippen molar-refractivity contribution in [3.05, 3.63) is 90.8 Å². The van der Waals surface area contributed by atoms with Crippen molar-refractivity contribution in [2.45, 2.75) is 19.4 Å². The number of rotatable bonds is 7. The van der Waals surface area contributed by atoms with Gasteiger partial charge in [0, 0.05) is 5.69 Å². The van der Waals surface area contributed by atoms with E-state index in [-0.39, 0.29) is 5.69 Å². The molecule has 1 heterocycles. The van der Waals surface area contributed by atoms with Crippen LogP contribution in [0.2, 0.25) is 0 Å². The van der Waals surface area contributed by atoms with Gasteiger partial charge in [-0.3, -0.25) is 9.78 Å².